The number of amides is 2. The fourth-order valence-corrected chi connectivity index (χ4v) is 2.44. The molecule has 0 heterocycles. The first kappa shape index (κ1) is 25.7. The molecule has 1 aromatic carbocycles. The molecule has 1 aromatic rings. The van der Waals surface area contributed by atoms with Crippen molar-refractivity contribution >= 4 is 6.03 Å². The van der Waals surface area contributed by atoms with E-state index in [4.69, 9.17) is 14.2 Å². The van der Waals surface area contributed by atoms with Gasteiger partial charge in [0.05, 0.1) is 13.2 Å². The third-order valence-electron chi connectivity index (χ3n) is 4.03. The number of hydrogen-bond donors (Lipinski definition) is 4. The van der Waals surface area contributed by atoms with E-state index < -0.39 is 6.10 Å². The number of nitrogens with one attached hydrogen (secondary N) is 3. The van der Waals surface area contributed by atoms with Gasteiger partial charge in [-0.2, -0.15) is 0 Å². The standard InChI is InChI=1S/C22H37N3O5/c1-3-5-6-11-24-22(27)25-13-12-23-17-19(26)18-30-21-9-7-20(8-10-21)29-16-15-28-14-4-2/h4,7-10,19,23,26H,2-3,5-6,11-18H2,1H3,(H2,24,25,27). The Hall–Kier alpha value is -2.29. The minimum atomic E-state index is -0.647. The normalized spacial score (nSPS) is 11.5. The van der Waals surface area contributed by atoms with E-state index in [0.717, 1.165) is 25.0 Å². The van der Waals surface area contributed by atoms with Gasteiger partial charge in [0.15, 0.2) is 0 Å². The predicted molar refractivity (Wildman–Crippen MR) is 118 cm³/mol. The Balaban J connectivity index is 2.05. The average Bonchev–Trinajstić information content (AvgIpc) is 2.76. The van der Waals surface area contributed by atoms with E-state index in [2.05, 4.69) is 29.5 Å². The van der Waals surface area contributed by atoms with E-state index in [0.29, 0.717) is 51.7 Å². The number of ether oxygens (including phenoxy) is 3. The molecule has 1 atom stereocenters. The van der Waals surface area contributed by atoms with E-state index >= 15 is 0 Å². The second-order valence-electron chi connectivity index (χ2n) is 6.74. The molecule has 30 heavy (non-hydrogen) atoms. The zero-order valence-corrected chi connectivity index (χ0v) is 18.0. The van der Waals surface area contributed by atoms with Gasteiger partial charge in [0.1, 0.15) is 30.8 Å². The van der Waals surface area contributed by atoms with Gasteiger partial charge >= 0.3 is 6.03 Å². The molecular formula is C22H37N3O5. The fourth-order valence-electron chi connectivity index (χ4n) is 2.44. The topological polar surface area (TPSA) is 101 Å². The third kappa shape index (κ3) is 13.8. The van der Waals surface area contributed by atoms with Gasteiger partial charge in [0.25, 0.3) is 0 Å². The summed E-state index contributed by atoms with van der Waals surface area (Å²) in [7, 11) is 0. The van der Waals surface area contributed by atoms with Crippen LogP contribution in [-0.4, -0.2) is 69.8 Å². The van der Waals surface area contributed by atoms with Crippen molar-refractivity contribution in [3.8, 4) is 11.5 Å². The molecule has 0 bridgehead atoms. The maximum Gasteiger partial charge on any atom is 0.314 e. The van der Waals surface area contributed by atoms with Crippen molar-refractivity contribution in [1.82, 2.24) is 16.0 Å². The predicted octanol–water partition coefficient (Wildman–Crippen LogP) is 2.09. The average molecular weight is 424 g/mol. The molecule has 0 aliphatic carbocycles. The lowest BCUT2D eigenvalue weighted by atomic mass is 10.2. The second kappa shape index (κ2) is 17.6. The van der Waals surface area contributed by atoms with Gasteiger partial charge in [-0.25, -0.2) is 4.79 Å². The van der Waals surface area contributed by atoms with Crippen molar-refractivity contribution in [1.29, 1.82) is 0 Å². The Morgan fingerprint density at radius 2 is 1.77 bits per heavy atom. The minimum Gasteiger partial charge on any atom is -0.491 e. The van der Waals surface area contributed by atoms with Crippen molar-refractivity contribution in [3.63, 3.8) is 0 Å². The molecule has 0 fully saturated rings. The number of rotatable bonds is 18. The highest BCUT2D eigenvalue weighted by atomic mass is 16.5. The fraction of sp³-hybridized carbons (Fsp3) is 0.591. The molecule has 1 unspecified atom stereocenters. The highest BCUT2D eigenvalue weighted by Crippen LogP contribution is 2.17. The van der Waals surface area contributed by atoms with Crippen LogP contribution in [0.4, 0.5) is 4.79 Å². The van der Waals surface area contributed by atoms with Crippen LogP contribution >= 0.6 is 0 Å². The molecule has 0 aliphatic heterocycles. The smallest absolute Gasteiger partial charge is 0.314 e. The molecular weight excluding hydrogens is 386 g/mol. The highest BCUT2D eigenvalue weighted by molar-refractivity contribution is 5.73. The number of benzene rings is 1. The molecule has 8 nitrogen and oxygen atoms in total. The van der Waals surface area contributed by atoms with E-state index in [1.54, 1.807) is 18.2 Å². The number of hydrogen-bond acceptors (Lipinski definition) is 6. The first-order valence-corrected chi connectivity index (χ1v) is 10.6. The van der Waals surface area contributed by atoms with E-state index in [1.807, 2.05) is 12.1 Å². The van der Waals surface area contributed by atoms with Crippen LogP contribution in [0.1, 0.15) is 26.2 Å². The van der Waals surface area contributed by atoms with Crippen LogP contribution in [0.3, 0.4) is 0 Å². The third-order valence-corrected chi connectivity index (χ3v) is 4.03. The quantitative estimate of drug-likeness (QED) is 0.213. The number of unbranched alkanes of at least 4 members (excludes halogenated alkanes) is 2. The highest BCUT2D eigenvalue weighted by Gasteiger charge is 2.06. The Labute approximate surface area is 180 Å². The summed E-state index contributed by atoms with van der Waals surface area (Å²) < 4.78 is 16.4. The Morgan fingerprint density at radius 3 is 2.47 bits per heavy atom. The van der Waals surface area contributed by atoms with Crippen LogP contribution in [-0.2, 0) is 4.74 Å². The first-order chi connectivity index (χ1) is 14.7. The molecule has 0 saturated heterocycles. The molecule has 0 aliphatic rings. The molecule has 0 radical (unpaired) electrons. The van der Waals surface area contributed by atoms with Gasteiger partial charge in [-0.1, -0.05) is 25.8 Å². The molecule has 0 saturated carbocycles. The largest absolute Gasteiger partial charge is 0.491 e. The zero-order valence-electron chi connectivity index (χ0n) is 18.0. The Kier molecular flexibility index (Phi) is 15.1. The van der Waals surface area contributed by atoms with Crippen molar-refractivity contribution in [2.24, 2.45) is 0 Å². The molecule has 4 N–H and O–H groups in total. The van der Waals surface area contributed by atoms with Crippen LogP contribution in [0.25, 0.3) is 0 Å². The zero-order chi connectivity index (χ0) is 21.9. The molecule has 0 spiro atoms. The maximum atomic E-state index is 11.5. The van der Waals surface area contributed by atoms with E-state index in [-0.39, 0.29) is 12.6 Å². The summed E-state index contributed by atoms with van der Waals surface area (Å²) in [5.41, 5.74) is 0. The maximum absolute atomic E-state index is 11.5. The van der Waals surface area contributed by atoms with Crippen LogP contribution < -0.4 is 25.4 Å². The molecule has 1 rings (SSSR count). The lowest BCUT2D eigenvalue weighted by molar-refractivity contribution is 0.106. The summed E-state index contributed by atoms with van der Waals surface area (Å²) in [6.45, 7) is 9.50. The monoisotopic (exact) mass is 423 g/mol. The number of aliphatic hydroxyl groups is 1. The van der Waals surface area contributed by atoms with Crippen molar-refractivity contribution in [2.75, 3.05) is 52.6 Å². The number of urea groups is 1. The van der Waals surface area contributed by atoms with Gasteiger partial charge in [-0.3, -0.25) is 0 Å². The Morgan fingerprint density at radius 1 is 1.07 bits per heavy atom. The number of carbonyl (C=O) groups is 1. The van der Waals surface area contributed by atoms with Crippen LogP contribution in [0.15, 0.2) is 36.9 Å². The Bertz CT molecular complexity index is 568. The van der Waals surface area contributed by atoms with Crippen molar-refractivity contribution in [2.45, 2.75) is 32.3 Å². The summed E-state index contributed by atoms with van der Waals surface area (Å²) in [5.74, 6) is 1.39. The lowest BCUT2D eigenvalue weighted by Crippen LogP contribution is -2.41. The van der Waals surface area contributed by atoms with Crippen LogP contribution in [0, 0.1) is 0 Å². The summed E-state index contributed by atoms with van der Waals surface area (Å²) >= 11 is 0. The van der Waals surface area contributed by atoms with Crippen LogP contribution in [0.2, 0.25) is 0 Å². The van der Waals surface area contributed by atoms with Gasteiger partial charge in [-0.05, 0) is 30.7 Å². The van der Waals surface area contributed by atoms with Crippen molar-refractivity contribution in [3.05, 3.63) is 36.9 Å². The second-order valence-corrected chi connectivity index (χ2v) is 6.74. The SMILES string of the molecule is C=CCOCCOc1ccc(OCC(O)CNCCNC(=O)NCCCCC)cc1. The summed E-state index contributed by atoms with van der Waals surface area (Å²) in [6, 6.07) is 7.05. The van der Waals surface area contributed by atoms with Crippen molar-refractivity contribution < 1.29 is 24.1 Å². The van der Waals surface area contributed by atoms with Gasteiger partial charge in [0.2, 0.25) is 0 Å². The number of aliphatic hydroxyl groups excluding tert-OH is 1. The van der Waals surface area contributed by atoms with Gasteiger partial charge < -0.3 is 35.3 Å². The van der Waals surface area contributed by atoms with Gasteiger partial charge in [0, 0.05) is 26.2 Å². The summed E-state index contributed by atoms with van der Waals surface area (Å²) in [6.07, 6.45) is 4.29. The molecule has 2 amide bonds. The lowest BCUT2D eigenvalue weighted by Gasteiger charge is -2.14. The van der Waals surface area contributed by atoms with E-state index in [1.165, 1.54) is 0 Å². The molecule has 8 heteroatoms. The van der Waals surface area contributed by atoms with E-state index in [9.17, 15) is 9.90 Å². The number of carbonyl (C=O) groups excluding carboxylic acids is 1. The first-order valence-electron chi connectivity index (χ1n) is 10.6. The minimum absolute atomic E-state index is 0.159. The molecule has 170 valence electrons. The molecule has 0 aromatic heterocycles. The summed E-state index contributed by atoms with van der Waals surface area (Å²) in [4.78, 5) is 11.5. The summed E-state index contributed by atoms with van der Waals surface area (Å²) in [5, 5.41) is 18.7. The van der Waals surface area contributed by atoms with Crippen LogP contribution in [0.5, 0.6) is 11.5 Å². The van der Waals surface area contributed by atoms with Gasteiger partial charge in [-0.15, -0.1) is 6.58 Å².